The Labute approximate surface area is 163 Å². The zero-order valence-corrected chi connectivity index (χ0v) is 16.6. The fourth-order valence-electron chi connectivity index (χ4n) is 2.79. The van der Waals surface area contributed by atoms with E-state index in [2.05, 4.69) is 14.9 Å². The van der Waals surface area contributed by atoms with Gasteiger partial charge in [0.05, 0.1) is 22.9 Å². The second-order valence-corrected chi connectivity index (χ2v) is 7.91. The van der Waals surface area contributed by atoms with Crippen molar-refractivity contribution in [3.63, 3.8) is 0 Å². The van der Waals surface area contributed by atoms with Crippen molar-refractivity contribution in [1.82, 2.24) is 10.2 Å². The Hall–Kier alpha value is -3.13. The number of aromatic amines is 1. The van der Waals surface area contributed by atoms with E-state index < -0.39 is 10.0 Å². The lowest BCUT2D eigenvalue weighted by Crippen LogP contribution is -2.16. The molecule has 3 rings (SSSR count). The zero-order valence-electron chi connectivity index (χ0n) is 15.8. The first-order valence-electron chi connectivity index (χ1n) is 8.74. The van der Waals surface area contributed by atoms with Crippen molar-refractivity contribution in [3.05, 3.63) is 70.0 Å². The van der Waals surface area contributed by atoms with E-state index >= 15 is 0 Å². The van der Waals surface area contributed by atoms with Gasteiger partial charge in [0.15, 0.2) is 0 Å². The van der Waals surface area contributed by atoms with Crippen molar-refractivity contribution < 1.29 is 13.2 Å². The first-order valence-corrected chi connectivity index (χ1v) is 10.2. The van der Waals surface area contributed by atoms with Crippen molar-refractivity contribution in [1.29, 1.82) is 0 Å². The molecule has 1 heterocycles. The number of hydrogen-bond donors (Lipinski definition) is 2. The van der Waals surface area contributed by atoms with Crippen LogP contribution in [0.2, 0.25) is 0 Å². The molecule has 0 amide bonds. The molecule has 2 N–H and O–H groups in total. The van der Waals surface area contributed by atoms with E-state index in [0.29, 0.717) is 34.9 Å². The SMILES string of the molecule is CCOc1ccccc1NS(=O)(=O)c1cc(-c2ccc(=O)[nH]n2)cc(C)c1C. The average Bonchev–Trinajstić information content (AvgIpc) is 2.66. The normalized spacial score (nSPS) is 11.2. The largest absolute Gasteiger partial charge is 0.492 e. The Morgan fingerprint density at radius 3 is 2.54 bits per heavy atom. The number of rotatable bonds is 6. The van der Waals surface area contributed by atoms with Crippen molar-refractivity contribution in [2.75, 3.05) is 11.3 Å². The van der Waals surface area contributed by atoms with Gasteiger partial charge < -0.3 is 4.74 Å². The molecule has 2 aromatic carbocycles. The summed E-state index contributed by atoms with van der Waals surface area (Å²) in [6, 6.07) is 13.2. The molecule has 0 saturated heterocycles. The average molecular weight is 399 g/mol. The van der Waals surface area contributed by atoms with Gasteiger partial charge in [-0.3, -0.25) is 9.52 Å². The van der Waals surface area contributed by atoms with E-state index in [9.17, 15) is 13.2 Å². The highest BCUT2D eigenvalue weighted by Gasteiger charge is 2.21. The minimum atomic E-state index is -3.88. The van der Waals surface area contributed by atoms with Crippen LogP contribution in [0.5, 0.6) is 5.75 Å². The summed E-state index contributed by atoms with van der Waals surface area (Å²) < 4.78 is 34.4. The minimum Gasteiger partial charge on any atom is -0.492 e. The van der Waals surface area contributed by atoms with E-state index in [4.69, 9.17) is 4.74 Å². The second-order valence-electron chi connectivity index (χ2n) is 6.26. The standard InChI is InChI=1S/C20H21N3O4S/c1-4-27-18-8-6-5-7-17(18)23-28(25,26)19-12-15(11-13(2)14(19)3)16-9-10-20(24)22-21-16/h5-12,23H,4H2,1-3H3,(H,22,24). The number of ether oxygens (including phenoxy) is 1. The quantitative estimate of drug-likeness (QED) is 0.663. The number of aromatic nitrogens is 2. The van der Waals surface area contributed by atoms with Gasteiger partial charge in [0.25, 0.3) is 15.6 Å². The highest BCUT2D eigenvalue weighted by Crippen LogP contribution is 2.30. The van der Waals surface area contributed by atoms with E-state index in [1.54, 1.807) is 43.3 Å². The van der Waals surface area contributed by atoms with Crippen LogP contribution >= 0.6 is 0 Å². The van der Waals surface area contributed by atoms with Crippen LogP contribution in [0.25, 0.3) is 11.3 Å². The zero-order chi connectivity index (χ0) is 20.3. The van der Waals surface area contributed by atoms with Gasteiger partial charge in [-0.15, -0.1) is 0 Å². The number of H-pyrrole nitrogens is 1. The smallest absolute Gasteiger partial charge is 0.264 e. The molecule has 0 aliphatic heterocycles. The summed E-state index contributed by atoms with van der Waals surface area (Å²) in [7, 11) is -3.88. The van der Waals surface area contributed by atoms with Crippen LogP contribution in [-0.2, 0) is 10.0 Å². The van der Waals surface area contributed by atoms with Crippen LogP contribution in [0.3, 0.4) is 0 Å². The summed E-state index contributed by atoms with van der Waals surface area (Å²) in [6.07, 6.45) is 0. The number of para-hydroxylation sites is 2. The van der Waals surface area contributed by atoms with Gasteiger partial charge in [0, 0.05) is 11.6 Å². The predicted molar refractivity (Wildman–Crippen MR) is 108 cm³/mol. The molecule has 0 unspecified atom stereocenters. The molecule has 0 saturated carbocycles. The van der Waals surface area contributed by atoms with Crippen molar-refractivity contribution in [3.8, 4) is 17.0 Å². The molecule has 7 nitrogen and oxygen atoms in total. The van der Waals surface area contributed by atoms with E-state index in [1.165, 1.54) is 6.07 Å². The lowest BCUT2D eigenvalue weighted by Gasteiger charge is -2.16. The molecule has 3 aromatic rings. The molecule has 0 aliphatic rings. The van der Waals surface area contributed by atoms with E-state index in [-0.39, 0.29) is 10.5 Å². The Morgan fingerprint density at radius 2 is 1.86 bits per heavy atom. The van der Waals surface area contributed by atoms with Gasteiger partial charge in [0.1, 0.15) is 5.75 Å². The highest BCUT2D eigenvalue weighted by atomic mass is 32.2. The molecule has 0 aliphatic carbocycles. The lowest BCUT2D eigenvalue weighted by molar-refractivity contribution is 0.342. The third-order valence-electron chi connectivity index (χ3n) is 4.32. The number of hydrogen-bond acceptors (Lipinski definition) is 5. The van der Waals surface area contributed by atoms with E-state index in [1.807, 2.05) is 19.9 Å². The fourth-order valence-corrected chi connectivity index (χ4v) is 4.21. The number of nitrogens with zero attached hydrogens (tertiary/aromatic N) is 1. The Kier molecular flexibility index (Phi) is 5.51. The third kappa shape index (κ3) is 4.07. The van der Waals surface area contributed by atoms with Crippen LogP contribution in [-0.4, -0.2) is 25.2 Å². The van der Waals surface area contributed by atoms with Gasteiger partial charge in [-0.25, -0.2) is 13.5 Å². The van der Waals surface area contributed by atoms with Gasteiger partial charge in [-0.05, 0) is 62.2 Å². The number of aryl methyl sites for hydroxylation is 1. The number of anilines is 1. The van der Waals surface area contributed by atoms with Crippen molar-refractivity contribution >= 4 is 15.7 Å². The van der Waals surface area contributed by atoms with Crippen LogP contribution in [0.4, 0.5) is 5.69 Å². The predicted octanol–water partition coefficient (Wildman–Crippen LogP) is 3.25. The number of benzene rings is 2. The molecule has 28 heavy (non-hydrogen) atoms. The summed E-state index contributed by atoms with van der Waals surface area (Å²) >= 11 is 0. The van der Waals surface area contributed by atoms with Gasteiger partial charge in [-0.1, -0.05) is 12.1 Å². The van der Waals surface area contributed by atoms with Crippen LogP contribution < -0.4 is 15.0 Å². The molecule has 0 radical (unpaired) electrons. The van der Waals surface area contributed by atoms with Crippen LogP contribution in [0.15, 0.2) is 58.2 Å². The first kappa shape index (κ1) is 19.6. The fraction of sp³-hybridized carbons (Fsp3) is 0.200. The molecular formula is C20H21N3O4S. The van der Waals surface area contributed by atoms with Gasteiger partial charge in [0.2, 0.25) is 0 Å². The van der Waals surface area contributed by atoms with Crippen molar-refractivity contribution in [2.45, 2.75) is 25.7 Å². The van der Waals surface area contributed by atoms with Crippen LogP contribution in [0, 0.1) is 13.8 Å². The molecule has 0 bridgehead atoms. The lowest BCUT2D eigenvalue weighted by atomic mass is 10.0. The Morgan fingerprint density at radius 1 is 1.11 bits per heavy atom. The molecular weight excluding hydrogens is 378 g/mol. The monoisotopic (exact) mass is 399 g/mol. The maximum absolute atomic E-state index is 13.1. The second kappa shape index (κ2) is 7.85. The molecule has 0 spiro atoms. The summed E-state index contributed by atoms with van der Waals surface area (Å²) in [6.45, 7) is 5.84. The summed E-state index contributed by atoms with van der Waals surface area (Å²) in [5.41, 5.74) is 2.55. The van der Waals surface area contributed by atoms with Gasteiger partial charge in [-0.2, -0.15) is 5.10 Å². The van der Waals surface area contributed by atoms with Crippen LogP contribution in [0.1, 0.15) is 18.1 Å². The maximum Gasteiger partial charge on any atom is 0.264 e. The van der Waals surface area contributed by atoms with Crippen molar-refractivity contribution in [2.24, 2.45) is 0 Å². The van der Waals surface area contributed by atoms with E-state index in [0.717, 1.165) is 5.56 Å². The maximum atomic E-state index is 13.1. The molecule has 1 aromatic heterocycles. The molecule has 8 heteroatoms. The summed E-state index contributed by atoms with van der Waals surface area (Å²) in [5.74, 6) is 0.460. The Balaban J connectivity index is 2.07. The minimum absolute atomic E-state index is 0.141. The molecule has 0 fully saturated rings. The third-order valence-corrected chi connectivity index (χ3v) is 5.81. The molecule has 0 atom stereocenters. The number of sulfonamides is 1. The Bertz CT molecular complexity index is 1150. The highest BCUT2D eigenvalue weighted by molar-refractivity contribution is 7.92. The topological polar surface area (TPSA) is 101 Å². The number of nitrogens with one attached hydrogen (secondary N) is 2. The van der Waals surface area contributed by atoms with Gasteiger partial charge >= 0.3 is 0 Å². The molecule has 146 valence electrons. The summed E-state index contributed by atoms with van der Waals surface area (Å²) in [4.78, 5) is 11.4. The first-order chi connectivity index (χ1) is 13.3. The summed E-state index contributed by atoms with van der Waals surface area (Å²) in [5, 5.41) is 6.36.